The number of carbonyl (C=O) groups is 2. The van der Waals surface area contributed by atoms with Gasteiger partial charge >= 0.3 is 0 Å². The maximum atomic E-state index is 13.7. The Labute approximate surface area is 215 Å². The second kappa shape index (κ2) is 14.8. The van der Waals surface area contributed by atoms with Gasteiger partial charge in [0.15, 0.2) is 0 Å². The fourth-order valence-corrected chi connectivity index (χ4v) is 4.95. The number of halogens is 1. The topological polar surface area (TPSA) is 54.8 Å². The van der Waals surface area contributed by atoms with Gasteiger partial charge in [-0.15, -0.1) is 0 Å². The predicted molar refractivity (Wildman–Crippen MR) is 140 cm³/mol. The highest BCUT2D eigenvalue weighted by molar-refractivity contribution is 5.85. The van der Waals surface area contributed by atoms with Crippen LogP contribution in [-0.2, 0) is 27.4 Å². The zero-order chi connectivity index (χ0) is 25.8. The van der Waals surface area contributed by atoms with E-state index < -0.39 is 0 Å². The third kappa shape index (κ3) is 8.47. The van der Waals surface area contributed by atoms with Crippen LogP contribution in [0.25, 0.3) is 0 Å². The molecule has 0 unspecified atom stereocenters. The van der Waals surface area contributed by atoms with Crippen molar-refractivity contribution in [1.82, 2.24) is 14.4 Å². The molecule has 0 atom stereocenters. The van der Waals surface area contributed by atoms with Crippen molar-refractivity contribution < 1.29 is 18.7 Å². The number of nitrogens with zero attached hydrogens (tertiary/aromatic N) is 3. The Hall–Kier alpha value is -2.67. The molecule has 1 aliphatic carbocycles. The Kier molecular flexibility index (Phi) is 11.5. The summed E-state index contributed by atoms with van der Waals surface area (Å²) in [5.74, 6) is -0.188. The van der Waals surface area contributed by atoms with Gasteiger partial charge in [0.1, 0.15) is 5.82 Å². The molecule has 1 aromatic heterocycles. The van der Waals surface area contributed by atoms with Gasteiger partial charge in [-0.2, -0.15) is 0 Å². The van der Waals surface area contributed by atoms with Crippen LogP contribution in [0, 0.1) is 5.82 Å². The molecule has 7 heteroatoms. The lowest BCUT2D eigenvalue weighted by molar-refractivity contribution is -0.143. The first-order valence-corrected chi connectivity index (χ1v) is 13.5. The number of ether oxygens (including phenoxy) is 1. The molecule has 1 aromatic carbocycles. The highest BCUT2D eigenvalue weighted by Gasteiger charge is 2.28. The first kappa shape index (κ1) is 27.9. The third-order valence-electron chi connectivity index (χ3n) is 7.06. The third-order valence-corrected chi connectivity index (χ3v) is 7.06. The first-order valence-electron chi connectivity index (χ1n) is 13.5. The largest absolute Gasteiger partial charge is 0.385 e. The average molecular weight is 500 g/mol. The molecule has 0 saturated heterocycles. The lowest BCUT2D eigenvalue weighted by Gasteiger charge is -2.36. The number of amides is 2. The molecule has 198 valence electrons. The Bertz CT molecular complexity index is 937. The molecule has 3 rings (SSSR count). The molecule has 36 heavy (non-hydrogen) atoms. The fourth-order valence-electron chi connectivity index (χ4n) is 4.95. The van der Waals surface area contributed by atoms with E-state index in [9.17, 15) is 14.0 Å². The molecular weight excluding hydrogens is 457 g/mol. The molecule has 0 N–H and O–H groups in total. The smallest absolute Gasteiger partial charge is 0.242 e. The van der Waals surface area contributed by atoms with Crippen molar-refractivity contribution in [3.05, 3.63) is 59.7 Å². The molecule has 0 radical (unpaired) electrons. The Morgan fingerprint density at radius 3 is 2.50 bits per heavy atom. The molecule has 0 bridgehead atoms. The molecule has 0 spiro atoms. The van der Waals surface area contributed by atoms with Crippen LogP contribution < -0.4 is 0 Å². The van der Waals surface area contributed by atoms with Crippen LogP contribution in [0.4, 0.5) is 4.39 Å². The first-order chi connectivity index (χ1) is 17.5. The van der Waals surface area contributed by atoms with Crippen LogP contribution in [0.5, 0.6) is 0 Å². The lowest BCUT2D eigenvalue weighted by atomic mass is 9.94. The van der Waals surface area contributed by atoms with E-state index in [1.54, 1.807) is 24.1 Å². The van der Waals surface area contributed by atoms with Crippen LogP contribution in [0.2, 0.25) is 0 Å². The summed E-state index contributed by atoms with van der Waals surface area (Å²) in [5.41, 5.74) is 2.05. The van der Waals surface area contributed by atoms with Crippen molar-refractivity contribution in [3.8, 4) is 0 Å². The molecule has 1 aliphatic rings. The number of benzene rings is 1. The van der Waals surface area contributed by atoms with Gasteiger partial charge in [0, 0.05) is 51.2 Å². The monoisotopic (exact) mass is 499 g/mol. The van der Waals surface area contributed by atoms with E-state index in [0.29, 0.717) is 39.1 Å². The summed E-state index contributed by atoms with van der Waals surface area (Å²) < 4.78 is 20.7. The normalized spacial score (nSPS) is 14.1. The second-order valence-electron chi connectivity index (χ2n) is 9.83. The molecule has 2 amide bonds. The number of methoxy groups -OCH3 is 1. The number of rotatable bonds is 14. The van der Waals surface area contributed by atoms with Crippen molar-refractivity contribution >= 4 is 11.8 Å². The summed E-state index contributed by atoms with van der Waals surface area (Å²) in [5, 5.41) is 0. The van der Waals surface area contributed by atoms with E-state index in [1.165, 1.54) is 18.6 Å². The Morgan fingerprint density at radius 1 is 1.06 bits per heavy atom. The second-order valence-corrected chi connectivity index (χ2v) is 9.83. The number of aromatic nitrogens is 1. The minimum Gasteiger partial charge on any atom is -0.385 e. The minimum atomic E-state index is -0.246. The predicted octanol–water partition coefficient (Wildman–Crippen LogP) is 5.39. The quantitative estimate of drug-likeness (QED) is 0.328. The van der Waals surface area contributed by atoms with Crippen LogP contribution in [0.3, 0.4) is 0 Å². The number of hydrogen-bond donors (Lipinski definition) is 0. The van der Waals surface area contributed by atoms with Crippen molar-refractivity contribution in [3.63, 3.8) is 0 Å². The van der Waals surface area contributed by atoms with Crippen molar-refractivity contribution in [2.45, 2.75) is 83.8 Å². The number of carbonyl (C=O) groups excluding carboxylic acids is 2. The van der Waals surface area contributed by atoms with E-state index in [4.69, 9.17) is 4.74 Å². The van der Waals surface area contributed by atoms with E-state index in [0.717, 1.165) is 49.8 Å². The molecule has 1 fully saturated rings. The Balaban J connectivity index is 1.75. The molecular formula is C29H42FN3O3. The summed E-state index contributed by atoms with van der Waals surface area (Å²) in [6.07, 6.45) is 10.4. The SMILES string of the molecule is CCCCC(=O)N(CCCOC)CC(=O)N(Cc1cccn1Cc1ccc(F)cc1)C1CCCCC1. The van der Waals surface area contributed by atoms with Gasteiger partial charge < -0.3 is 19.1 Å². The number of unbranched alkanes of at least 4 members (excludes halogenated alkanes) is 1. The van der Waals surface area contributed by atoms with E-state index in [2.05, 4.69) is 17.6 Å². The van der Waals surface area contributed by atoms with Crippen molar-refractivity contribution in [2.24, 2.45) is 0 Å². The maximum Gasteiger partial charge on any atom is 0.242 e. The molecule has 6 nitrogen and oxygen atoms in total. The molecule has 2 aromatic rings. The van der Waals surface area contributed by atoms with Gasteiger partial charge in [-0.1, -0.05) is 44.7 Å². The molecule has 1 saturated carbocycles. The van der Waals surface area contributed by atoms with Gasteiger partial charge in [-0.25, -0.2) is 4.39 Å². The van der Waals surface area contributed by atoms with Gasteiger partial charge in [0.25, 0.3) is 0 Å². The van der Waals surface area contributed by atoms with Crippen LogP contribution >= 0.6 is 0 Å². The summed E-state index contributed by atoms with van der Waals surface area (Å²) in [6, 6.07) is 10.8. The summed E-state index contributed by atoms with van der Waals surface area (Å²) >= 11 is 0. The van der Waals surface area contributed by atoms with Crippen molar-refractivity contribution in [1.29, 1.82) is 0 Å². The molecule has 1 heterocycles. The van der Waals surface area contributed by atoms with Crippen LogP contribution in [0.15, 0.2) is 42.6 Å². The van der Waals surface area contributed by atoms with Gasteiger partial charge in [-0.05, 0) is 55.5 Å². The zero-order valence-corrected chi connectivity index (χ0v) is 22.0. The van der Waals surface area contributed by atoms with Gasteiger partial charge in [-0.3, -0.25) is 9.59 Å². The Morgan fingerprint density at radius 2 is 1.81 bits per heavy atom. The van der Waals surface area contributed by atoms with Gasteiger partial charge in [0.05, 0.1) is 13.1 Å². The number of hydrogen-bond acceptors (Lipinski definition) is 3. The van der Waals surface area contributed by atoms with Crippen molar-refractivity contribution in [2.75, 3.05) is 26.8 Å². The highest BCUT2D eigenvalue weighted by Crippen LogP contribution is 2.25. The van der Waals surface area contributed by atoms with Crippen LogP contribution in [-0.4, -0.2) is 59.0 Å². The van der Waals surface area contributed by atoms with E-state index >= 15 is 0 Å². The molecule has 0 aliphatic heterocycles. The minimum absolute atomic E-state index is 0.0127. The summed E-state index contributed by atoms with van der Waals surface area (Å²) in [6.45, 7) is 4.40. The van der Waals surface area contributed by atoms with Crippen LogP contribution in [0.1, 0.15) is 76.0 Å². The zero-order valence-electron chi connectivity index (χ0n) is 22.0. The standard InChI is InChI=1S/C29H42FN3O3/c1-3-4-13-28(34)32(19-9-20-36-2)23-29(35)33(26-10-6-5-7-11-26)22-27-12-8-18-31(27)21-24-14-16-25(30)17-15-24/h8,12,14-18,26H,3-7,9-11,13,19-23H2,1-2H3. The van der Waals surface area contributed by atoms with Gasteiger partial charge in [0.2, 0.25) is 11.8 Å². The summed E-state index contributed by atoms with van der Waals surface area (Å²) in [7, 11) is 1.65. The average Bonchev–Trinajstić information content (AvgIpc) is 3.33. The maximum absolute atomic E-state index is 13.7. The van der Waals surface area contributed by atoms with E-state index in [1.807, 2.05) is 17.2 Å². The lowest BCUT2D eigenvalue weighted by Crippen LogP contribution is -2.47. The fraction of sp³-hybridized carbons (Fsp3) is 0.586. The van der Waals surface area contributed by atoms with E-state index in [-0.39, 0.29) is 30.2 Å². The highest BCUT2D eigenvalue weighted by atomic mass is 19.1. The summed E-state index contributed by atoms with van der Waals surface area (Å²) in [4.78, 5) is 30.4.